The topological polar surface area (TPSA) is 108 Å². The summed E-state index contributed by atoms with van der Waals surface area (Å²) < 4.78 is 34.3. The minimum atomic E-state index is -4.39. The number of phosphoric ester groups is 1. The molecule has 0 radical (unpaired) electrons. The number of esters is 2. The second-order valence-electron chi connectivity index (χ2n) is 16.4. The first kappa shape index (κ1) is 55.7. The highest BCUT2D eigenvalue weighted by molar-refractivity contribution is 7.47. The molecular weight excluding hydrogens is 750 g/mol. The minimum absolute atomic E-state index is 0.0232. The molecule has 0 aliphatic heterocycles. The number of unbranched alkanes of at least 4 members (excludes halogenated alkanes) is 17. The maximum absolute atomic E-state index is 12.7. The summed E-state index contributed by atoms with van der Waals surface area (Å²) in [5.74, 6) is -0.836. The van der Waals surface area contributed by atoms with Crippen LogP contribution in [0.5, 0.6) is 0 Å². The standard InChI is InChI=1S/C48H86NO8P/c1-6-8-10-12-14-16-18-20-22-24-26-28-30-32-34-36-38-40-47(50)54-44-46(45-56-58(52,53)55-43-42-49(3,4)5)57-48(51)41-39-37-35-33-31-29-27-25-23-21-19-17-15-13-11-9-7-2/h14-17,20-23,27,29,46H,6-13,18-19,24-26,28,30-45H2,1-5H3/p+1/b16-14-,17-15-,22-20-,23-21-,29-27-/t46-/m1/s1. The Bertz CT molecular complexity index is 1170. The number of rotatable bonds is 41. The number of phosphoric acid groups is 1. The van der Waals surface area contributed by atoms with E-state index in [1.807, 2.05) is 21.1 Å². The van der Waals surface area contributed by atoms with Gasteiger partial charge in [-0.1, -0.05) is 145 Å². The van der Waals surface area contributed by atoms with Crippen molar-refractivity contribution < 1.29 is 42.1 Å². The number of carbonyl (C=O) groups is 2. The summed E-state index contributed by atoms with van der Waals surface area (Å²) in [7, 11) is 1.45. The summed E-state index contributed by atoms with van der Waals surface area (Å²) in [6, 6.07) is 0. The lowest BCUT2D eigenvalue weighted by Gasteiger charge is -2.24. The predicted octanol–water partition coefficient (Wildman–Crippen LogP) is 13.2. The number of carbonyl (C=O) groups excluding carboxylic acids is 2. The van der Waals surface area contributed by atoms with Crippen LogP contribution in [0.15, 0.2) is 60.8 Å². The first-order valence-electron chi connectivity index (χ1n) is 23.0. The van der Waals surface area contributed by atoms with E-state index in [2.05, 4.69) is 74.6 Å². The van der Waals surface area contributed by atoms with Gasteiger partial charge in [0, 0.05) is 12.8 Å². The van der Waals surface area contributed by atoms with Gasteiger partial charge in [0.05, 0.1) is 27.7 Å². The summed E-state index contributed by atoms with van der Waals surface area (Å²) in [5, 5.41) is 0. The summed E-state index contributed by atoms with van der Waals surface area (Å²) in [5.41, 5.74) is 0. The molecule has 0 rings (SSSR count). The van der Waals surface area contributed by atoms with Crippen LogP contribution in [0.1, 0.15) is 181 Å². The van der Waals surface area contributed by atoms with E-state index in [9.17, 15) is 19.0 Å². The second kappa shape index (κ2) is 40.1. The smallest absolute Gasteiger partial charge is 0.462 e. The Labute approximate surface area is 356 Å². The van der Waals surface area contributed by atoms with Gasteiger partial charge in [-0.25, -0.2) is 4.57 Å². The Morgan fingerprint density at radius 3 is 1.38 bits per heavy atom. The molecule has 0 saturated heterocycles. The van der Waals surface area contributed by atoms with E-state index in [4.69, 9.17) is 18.5 Å². The molecule has 58 heavy (non-hydrogen) atoms. The predicted molar refractivity (Wildman–Crippen MR) is 243 cm³/mol. The zero-order chi connectivity index (χ0) is 42.8. The average molecular weight is 837 g/mol. The molecule has 0 aromatic heterocycles. The van der Waals surface area contributed by atoms with Crippen LogP contribution in [0.2, 0.25) is 0 Å². The highest BCUT2D eigenvalue weighted by atomic mass is 31.2. The van der Waals surface area contributed by atoms with Crippen molar-refractivity contribution in [2.75, 3.05) is 47.5 Å². The van der Waals surface area contributed by atoms with Crippen LogP contribution in [0, 0.1) is 0 Å². The molecule has 1 unspecified atom stereocenters. The van der Waals surface area contributed by atoms with Gasteiger partial charge in [0.25, 0.3) is 0 Å². The molecule has 0 aromatic carbocycles. The molecule has 0 heterocycles. The molecule has 0 amide bonds. The first-order chi connectivity index (χ1) is 28.0. The van der Waals surface area contributed by atoms with Gasteiger partial charge in [0.1, 0.15) is 19.8 Å². The number of hydrogen-bond donors (Lipinski definition) is 1. The molecule has 0 aliphatic rings. The lowest BCUT2D eigenvalue weighted by molar-refractivity contribution is -0.870. The van der Waals surface area contributed by atoms with E-state index < -0.39 is 26.5 Å². The SMILES string of the molecule is CCCCC/C=C\C/C=C\C/C=C\CCCCCCC(=O)O[C@H](COC(=O)CCCCCCCCC/C=C\C/C=C\CCCCC)COP(=O)(O)OCC[N+](C)(C)C. The third-order valence-electron chi connectivity index (χ3n) is 9.52. The van der Waals surface area contributed by atoms with E-state index >= 15 is 0 Å². The molecule has 0 spiro atoms. The monoisotopic (exact) mass is 837 g/mol. The number of quaternary nitrogens is 1. The number of likely N-dealkylation sites (N-methyl/N-ethyl adjacent to an activating group) is 1. The summed E-state index contributed by atoms with van der Waals surface area (Å²) in [4.78, 5) is 35.4. The van der Waals surface area contributed by atoms with Crippen LogP contribution < -0.4 is 0 Å². The van der Waals surface area contributed by atoms with Crippen molar-refractivity contribution in [3.63, 3.8) is 0 Å². The van der Waals surface area contributed by atoms with Gasteiger partial charge in [0.2, 0.25) is 0 Å². The van der Waals surface area contributed by atoms with Crippen LogP contribution in [0.3, 0.4) is 0 Å². The Hall–Kier alpha value is -2.29. The summed E-state index contributed by atoms with van der Waals surface area (Å²) in [6.07, 6.45) is 48.3. The van der Waals surface area contributed by atoms with Gasteiger partial charge >= 0.3 is 19.8 Å². The van der Waals surface area contributed by atoms with Crippen molar-refractivity contribution in [3.8, 4) is 0 Å². The molecular formula is C48H87NO8P+. The highest BCUT2D eigenvalue weighted by Gasteiger charge is 2.27. The quantitative estimate of drug-likeness (QED) is 0.0213. The van der Waals surface area contributed by atoms with Crippen LogP contribution in [-0.4, -0.2) is 74.9 Å². The summed E-state index contributed by atoms with van der Waals surface area (Å²) >= 11 is 0. The van der Waals surface area contributed by atoms with Crippen LogP contribution >= 0.6 is 7.82 Å². The largest absolute Gasteiger partial charge is 0.472 e. The third kappa shape index (κ3) is 43.3. The molecule has 336 valence electrons. The van der Waals surface area contributed by atoms with Gasteiger partial charge < -0.3 is 18.9 Å². The molecule has 0 saturated carbocycles. The van der Waals surface area contributed by atoms with E-state index in [1.165, 1.54) is 70.6 Å². The zero-order valence-electron chi connectivity index (χ0n) is 37.8. The van der Waals surface area contributed by atoms with Crippen LogP contribution in [0.25, 0.3) is 0 Å². The first-order valence-corrected chi connectivity index (χ1v) is 24.5. The second-order valence-corrected chi connectivity index (χ2v) is 17.9. The van der Waals surface area contributed by atoms with Gasteiger partial charge in [-0.2, -0.15) is 0 Å². The Morgan fingerprint density at radius 1 is 0.534 bits per heavy atom. The Kier molecular flexibility index (Phi) is 38.5. The van der Waals surface area contributed by atoms with Gasteiger partial charge in [-0.05, 0) is 83.5 Å². The molecule has 0 fully saturated rings. The van der Waals surface area contributed by atoms with Crippen molar-refractivity contribution in [2.45, 2.75) is 187 Å². The average Bonchev–Trinajstić information content (AvgIpc) is 3.17. The van der Waals surface area contributed by atoms with Crippen molar-refractivity contribution in [1.82, 2.24) is 0 Å². The molecule has 10 heteroatoms. The van der Waals surface area contributed by atoms with E-state index in [0.29, 0.717) is 17.4 Å². The van der Waals surface area contributed by atoms with Gasteiger partial charge in [-0.3, -0.25) is 18.6 Å². The number of nitrogens with zero attached hydrogens (tertiary/aromatic N) is 1. The fourth-order valence-electron chi connectivity index (χ4n) is 5.87. The lowest BCUT2D eigenvalue weighted by atomic mass is 10.1. The van der Waals surface area contributed by atoms with Crippen molar-refractivity contribution in [3.05, 3.63) is 60.8 Å². The van der Waals surface area contributed by atoms with Crippen molar-refractivity contribution in [1.29, 1.82) is 0 Å². The van der Waals surface area contributed by atoms with Crippen molar-refractivity contribution >= 4 is 19.8 Å². The fourth-order valence-corrected chi connectivity index (χ4v) is 6.61. The Balaban J connectivity index is 4.40. The minimum Gasteiger partial charge on any atom is -0.462 e. The molecule has 0 aliphatic carbocycles. The summed E-state index contributed by atoms with van der Waals surface area (Å²) in [6.45, 7) is 4.33. The lowest BCUT2D eigenvalue weighted by Crippen LogP contribution is -2.37. The van der Waals surface area contributed by atoms with E-state index in [1.54, 1.807) is 0 Å². The molecule has 0 bridgehead atoms. The molecule has 0 aromatic rings. The Morgan fingerprint density at radius 2 is 0.931 bits per heavy atom. The van der Waals surface area contributed by atoms with Gasteiger partial charge in [0.15, 0.2) is 6.10 Å². The zero-order valence-corrected chi connectivity index (χ0v) is 38.7. The maximum atomic E-state index is 12.7. The van der Waals surface area contributed by atoms with Gasteiger partial charge in [-0.15, -0.1) is 0 Å². The van der Waals surface area contributed by atoms with E-state index in [0.717, 1.165) is 77.0 Å². The van der Waals surface area contributed by atoms with Crippen LogP contribution in [0.4, 0.5) is 0 Å². The van der Waals surface area contributed by atoms with Crippen molar-refractivity contribution in [2.24, 2.45) is 0 Å². The highest BCUT2D eigenvalue weighted by Crippen LogP contribution is 2.43. The normalized spacial score (nSPS) is 14.1. The fraction of sp³-hybridized carbons (Fsp3) is 0.750. The number of ether oxygens (including phenoxy) is 2. The molecule has 1 N–H and O–H groups in total. The molecule has 2 atom stereocenters. The molecule has 9 nitrogen and oxygen atoms in total. The number of hydrogen-bond acceptors (Lipinski definition) is 7. The number of allylic oxidation sites excluding steroid dienone is 10. The van der Waals surface area contributed by atoms with Crippen LogP contribution in [-0.2, 0) is 32.7 Å². The third-order valence-corrected chi connectivity index (χ3v) is 10.5. The maximum Gasteiger partial charge on any atom is 0.472 e. The van der Waals surface area contributed by atoms with E-state index in [-0.39, 0.29) is 32.0 Å².